The van der Waals surface area contributed by atoms with Crippen molar-refractivity contribution in [1.82, 2.24) is 39.5 Å². The summed E-state index contributed by atoms with van der Waals surface area (Å²) < 4.78 is 21.5. The predicted molar refractivity (Wildman–Crippen MR) is 289 cm³/mol. The van der Waals surface area contributed by atoms with Gasteiger partial charge in [0.2, 0.25) is 17.5 Å². The molecule has 0 saturated carbocycles. The van der Waals surface area contributed by atoms with Crippen LogP contribution in [0, 0.1) is 17.8 Å². The number of likely N-dealkylation sites (N-methyl/N-ethyl adjacent to an activating group) is 2. The van der Waals surface area contributed by atoms with E-state index in [1.54, 1.807) is 17.2 Å². The van der Waals surface area contributed by atoms with Crippen LogP contribution in [0.2, 0.25) is 0 Å². The molecule has 3 N–H and O–H groups in total. The quantitative estimate of drug-likeness (QED) is 0.133. The highest BCUT2D eigenvalue weighted by atomic mass is 79.9. The van der Waals surface area contributed by atoms with Crippen LogP contribution in [0.1, 0.15) is 83.6 Å². The van der Waals surface area contributed by atoms with E-state index in [9.17, 15) is 24.3 Å². The van der Waals surface area contributed by atoms with Gasteiger partial charge in [-0.15, -0.1) is 0 Å². The number of piperidine rings is 2. The highest BCUT2D eigenvalue weighted by molar-refractivity contribution is 9.10. The number of benzene rings is 3. The molecule has 6 aromatic rings. The van der Waals surface area contributed by atoms with Gasteiger partial charge in [-0.2, -0.15) is 0 Å². The van der Waals surface area contributed by atoms with Crippen molar-refractivity contribution in [2.75, 3.05) is 47.4 Å². The van der Waals surface area contributed by atoms with Gasteiger partial charge >= 0.3 is 5.97 Å². The van der Waals surface area contributed by atoms with Crippen molar-refractivity contribution in [1.29, 1.82) is 0 Å². The Kier molecular flexibility index (Phi) is 12.8. The first-order valence-electron chi connectivity index (χ1n) is 26.9. The summed E-state index contributed by atoms with van der Waals surface area (Å²) in [6.07, 6.45) is 12.3. The highest BCUT2D eigenvalue weighted by Gasteiger charge is 2.72. The number of pyridine rings is 1. The summed E-state index contributed by atoms with van der Waals surface area (Å²) in [5.74, 6) is -3.98. The lowest BCUT2D eigenvalue weighted by Gasteiger charge is -2.53. The number of H-pyrrole nitrogens is 1. The zero-order valence-corrected chi connectivity index (χ0v) is 45.6. The minimum atomic E-state index is -2.04. The van der Waals surface area contributed by atoms with E-state index in [1.165, 1.54) is 49.6 Å². The van der Waals surface area contributed by atoms with E-state index in [0.717, 1.165) is 41.4 Å². The first-order valence-corrected chi connectivity index (χ1v) is 27.7. The molecule has 3 aromatic carbocycles. The molecule has 13 rings (SSSR count). The van der Waals surface area contributed by atoms with Crippen molar-refractivity contribution in [2.45, 2.75) is 106 Å². The SMILES string of the molecule is CC(C)[C@@]1(NC(=O)[C@@H]2C[C@@H]3c4cccc5[nH]cc(c45)C[C@H]3N(C)C2)O[C@@]2(O)[C@@H]3CCCN3C(=O)[C@H](Cc3ccccc3)N2C1=O.CO[C@]12C[C@@H](COC(=O)c3cncc(Br)c3)CN(C)[C@@H]1Cc1cn(C)c3cccc2c13. The average Bonchev–Trinajstić information content (AvgIpc) is 4.30. The van der Waals surface area contributed by atoms with E-state index < -0.39 is 47.1 Å². The lowest BCUT2D eigenvalue weighted by atomic mass is 9.69. The molecule has 3 aromatic heterocycles. The Morgan fingerprint density at radius 1 is 0.961 bits per heavy atom. The van der Waals surface area contributed by atoms with Gasteiger partial charge in [0.1, 0.15) is 17.7 Å². The number of hydrogen-bond donors (Lipinski definition) is 3. The van der Waals surface area contributed by atoms with Crippen molar-refractivity contribution in [2.24, 2.45) is 24.8 Å². The molecule has 0 spiro atoms. The normalized spacial score (nSPS) is 30.7. The second kappa shape index (κ2) is 19.2. The molecule has 17 heteroatoms. The molecule has 2 aliphatic carbocycles. The standard InChI is InChI=1S/C35H41N5O5.C24H26BrN3O3/c1-20(2)34(37-31(41)23-16-25-24-11-7-12-26-30(24)22(18-36-26)17-27(25)38(3)19-23)33(43)40-28(15-21-9-5-4-6-10-21)32(42)39-14-8-13-29(39)35(40,44)45-34;1-27-13-17-8-21-24(30-3,19-5-4-6-20(27)22(17)19)9-15(12-28(21)2)14-31-23(29)16-7-18(25)11-26-10-16/h4-7,9-12,18,20,23,25,27-29,36,44H,8,13-17,19H2,1-3H3,(H,37,41);4-7,10-11,13,15,21H,8-9,12,14H2,1-3H3/t23-,25-,27-,28+,29+,34-,35+;15-,21-,24+/m11/s1. The third-order valence-electron chi connectivity index (χ3n) is 18.2. The molecule has 76 heavy (non-hydrogen) atoms. The number of fused-ring (bicyclic) bond motifs is 7. The Labute approximate surface area is 451 Å². The second-order valence-corrected chi connectivity index (χ2v) is 23.7. The van der Waals surface area contributed by atoms with Gasteiger partial charge in [0.25, 0.3) is 11.8 Å². The maximum atomic E-state index is 14.6. The van der Waals surface area contributed by atoms with Gasteiger partial charge in [-0.25, -0.2) is 4.79 Å². The number of piperazine rings is 1. The van der Waals surface area contributed by atoms with Crippen LogP contribution in [0.25, 0.3) is 21.8 Å². The van der Waals surface area contributed by atoms with Gasteiger partial charge in [-0.1, -0.05) is 68.4 Å². The monoisotopic (exact) mass is 1090 g/mol. The summed E-state index contributed by atoms with van der Waals surface area (Å²) >= 11 is 3.35. The van der Waals surface area contributed by atoms with Crippen molar-refractivity contribution in [3.8, 4) is 0 Å². The zero-order chi connectivity index (χ0) is 53.0. The summed E-state index contributed by atoms with van der Waals surface area (Å²) in [7, 11) is 8.14. The van der Waals surface area contributed by atoms with Crippen LogP contribution in [-0.2, 0) is 60.5 Å². The molecular formula is C59H67BrN8O8. The van der Waals surface area contributed by atoms with E-state index in [-0.39, 0.29) is 48.1 Å². The number of carbonyl (C=O) groups is 4. The van der Waals surface area contributed by atoms with Gasteiger partial charge in [0, 0.05) is 121 Å². The topological polar surface area (TPSA) is 175 Å². The number of carbonyl (C=O) groups excluding carboxylic acids is 4. The van der Waals surface area contributed by atoms with Crippen molar-refractivity contribution in [3.63, 3.8) is 0 Å². The number of aryl methyl sites for hydroxylation is 1. The van der Waals surface area contributed by atoms with E-state index in [2.05, 4.69) is 116 Å². The number of aromatic nitrogens is 3. The Morgan fingerprint density at radius 3 is 2.54 bits per heavy atom. The molecule has 5 aliphatic heterocycles. The molecule has 0 bridgehead atoms. The molecule has 10 atom stereocenters. The van der Waals surface area contributed by atoms with Gasteiger partial charge < -0.3 is 39.2 Å². The van der Waals surface area contributed by atoms with Crippen LogP contribution in [0.3, 0.4) is 0 Å². The highest BCUT2D eigenvalue weighted by Crippen LogP contribution is 2.51. The van der Waals surface area contributed by atoms with Crippen LogP contribution >= 0.6 is 15.9 Å². The Balaban J connectivity index is 0.000000164. The molecule has 8 heterocycles. The lowest BCUT2D eigenvalue weighted by molar-refractivity contribution is -0.321. The summed E-state index contributed by atoms with van der Waals surface area (Å²) in [5, 5.41) is 17.9. The number of esters is 1. The molecule has 5 fully saturated rings. The number of halogens is 1. The van der Waals surface area contributed by atoms with Crippen LogP contribution in [-0.4, -0.2) is 146 Å². The van der Waals surface area contributed by atoms with E-state index in [0.29, 0.717) is 44.5 Å². The number of nitrogens with one attached hydrogen (secondary N) is 2. The maximum Gasteiger partial charge on any atom is 0.339 e. The summed E-state index contributed by atoms with van der Waals surface area (Å²) in [6, 6.07) is 23.0. The van der Waals surface area contributed by atoms with Crippen molar-refractivity contribution < 1.29 is 38.5 Å². The molecule has 16 nitrogen and oxygen atoms in total. The van der Waals surface area contributed by atoms with E-state index in [1.807, 2.05) is 51.3 Å². The summed E-state index contributed by atoms with van der Waals surface area (Å²) in [6.45, 7) is 5.89. The average molecular weight is 1100 g/mol. The summed E-state index contributed by atoms with van der Waals surface area (Å²) in [4.78, 5) is 70.4. The number of likely N-dealkylation sites (tertiary alicyclic amines) is 2. The molecule has 7 aliphatic rings. The first-order chi connectivity index (χ1) is 36.5. The fourth-order valence-corrected chi connectivity index (χ4v) is 15.0. The largest absolute Gasteiger partial charge is 0.462 e. The lowest BCUT2D eigenvalue weighted by Crippen LogP contribution is -2.71. The number of nitrogens with zero attached hydrogens (tertiary/aromatic N) is 6. The van der Waals surface area contributed by atoms with Crippen LogP contribution < -0.4 is 5.32 Å². The Morgan fingerprint density at radius 2 is 1.76 bits per heavy atom. The first kappa shape index (κ1) is 50.8. The maximum absolute atomic E-state index is 14.6. The number of aromatic amines is 1. The molecule has 398 valence electrons. The van der Waals surface area contributed by atoms with Gasteiger partial charge in [-0.05, 0) is 115 Å². The summed E-state index contributed by atoms with van der Waals surface area (Å²) in [5.41, 5.74) is 6.65. The van der Waals surface area contributed by atoms with Crippen LogP contribution in [0.15, 0.2) is 102 Å². The smallest absolute Gasteiger partial charge is 0.339 e. The Bertz CT molecular complexity index is 3270. The number of amides is 3. The van der Waals surface area contributed by atoms with Crippen molar-refractivity contribution >= 4 is 61.4 Å². The van der Waals surface area contributed by atoms with Crippen molar-refractivity contribution in [3.05, 3.63) is 135 Å². The third-order valence-corrected chi connectivity index (χ3v) is 18.6. The zero-order valence-electron chi connectivity index (χ0n) is 44.0. The van der Waals surface area contributed by atoms with Gasteiger partial charge in [0.15, 0.2) is 0 Å². The van der Waals surface area contributed by atoms with E-state index in [4.69, 9.17) is 14.2 Å². The number of rotatable bonds is 9. The fourth-order valence-electron chi connectivity index (χ4n) is 14.6. The van der Waals surface area contributed by atoms with Crippen LogP contribution in [0.5, 0.6) is 0 Å². The molecular weight excluding hydrogens is 1030 g/mol. The fraction of sp³-hybridized carbons (Fsp3) is 0.475. The molecule has 0 unspecified atom stereocenters. The molecule has 0 radical (unpaired) electrons. The third kappa shape index (κ3) is 8.04. The minimum Gasteiger partial charge on any atom is -0.462 e. The Hall–Kier alpha value is -5.95. The predicted octanol–water partition coefficient (Wildman–Crippen LogP) is 6.63. The number of ether oxygens (including phenoxy) is 3. The van der Waals surface area contributed by atoms with E-state index >= 15 is 0 Å². The number of methoxy groups -OCH3 is 1. The molecule has 5 saturated heterocycles. The number of aliphatic hydroxyl groups is 1. The number of hydrogen-bond acceptors (Lipinski definition) is 11. The van der Waals surface area contributed by atoms with Gasteiger partial charge in [-0.3, -0.25) is 33.9 Å². The molecule has 3 amide bonds. The minimum absolute atomic E-state index is 0.164. The van der Waals surface area contributed by atoms with Crippen LogP contribution in [0.4, 0.5) is 0 Å². The van der Waals surface area contributed by atoms with Gasteiger partial charge in [0.05, 0.1) is 18.1 Å². The second-order valence-electron chi connectivity index (χ2n) is 22.8.